The molecule has 0 aliphatic rings. The highest BCUT2D eigenvalue weighted by atomic mass is 79.9. The molecule has 0 fully saturated rings. The molecule has 0 saturated carbocycles. The van der Waals surface area contributed by atoms with Gasteiger partial charge in [0.1, 0.15) is 5.75 Å². The Morgan fingerprint density at radius 2 is 2.06 bits per heavy atom. The fourth-order valence-corrected chi connectivity index (χ4v) is 2.45. The van der Waals surface area contributed by atoms with E-state index in [0.29, 0.717) is 16.3 Å². The van der Waals surface area contributed by atoms with Gasteiger partial charge in [-0.15, -0.1) is 0 Å². The second kappa shape index (κ2) is 5.12. The molecule has 0 unspecified atom stereocenters. The molecule has 0 aliphatic heterocycles. The van der Waals surface area contributed by atoms with Gasteiger partial charge in [-0.1, -0.05) is 27.5 Å². The van der Waals surface area contributed by atoms with Gasteiger partial charge < -0.3 is 9.47 Å². The third-order valence-electron chi connectivity index (χ3n) is 2.41. The van der Waals surface area contributed by atoms with E-state index in [4.69, 9.17) is 16.3 Å². The van der Waals surface area contributed by atoms with E-state index in [2.05, 4.69) is 25.7 Å². The van der Waals surface area contributed by atoms with Crippen molar-refractivity contribution >= 4 is 44.4 Å². The summed E-state index contributed by atoms with van der Waals surface area (Å²) in [5, 5.41) is 1.16. The molecule has 0 aliphatic carbocycles. The van der Waals surface area contributed by atoms with Crippen molar-refractivity contribution in [3.05, 3.63) is 33.4 Å². The fraction of sp³-hybridized carbons (Fsp3) is 0.167. The summed E-state index contributed by atoms with van der Waals surface area (Å²) >= 11 is 9.46. The molecule has 0 radical (unpaired) electrons. The highest BCUT2D eigenvalue weighted by Gasteiger charge is 2.15. The van der Waals surface area contributed by atoms with Crippen molar-refractivity contribution in [1.82, 2.24) is 4.98 Å². The molecule has 1 heterocycles. The first-order valence-corrected chi connectivity index (χ1v) is 6.16. The van der Waals surface area contributed by atoms with Crippen LogP contribution in [0.3, 0.4) is 0 Å². The monoisotopic (exact) mass is 329 g/mol. The summed E-state index contributed by atoms with van der Waals surface area (Å²) in [5.74, 6) is -0.0159. The number of nitrogens with zero attached hydrogens (tertiary/aromatic N) is 1. The number of methoxy groups -OCH3 is 2. The lowest BCUT2D eigenvalue weighted by Gasteiger charge is -2.09. The van der Waals surface area contributed by atoms with Crippen LogP contribution in [-0.4, -0.2) is 25.2 Å². The lowest BCUT2D eigenvalue weighted by atomic mass is 10.2. The molecule has 0 atom stereocenters. The van der Waals surface area contributed by atoms with E-state index in [9.17, 15) is 4.79 Å². The number of ether oxygens (including phenoxy) is 2. The largest absolute Gasteiger partial charge is 0.496 e. The summed E-state index contributed by atoms with van der Waals surface area (Å²) in [7, 11) is 2.81. The number of hydrogen-bond acceptors (Lipinski definition) is 4. The maximum Gasteiger partial charge on any atom is 0.356 e. The molecule has 0 saturated heterocycles. The Labute approximate surface area is 117 Å². The first kappa shape index (κ1) is 13.1. The zero-order valence-corrected chi connectivity index (χ0v) is 12.0. The van der Waals surface area contributed by atoms with E-state index in [1.165, 1.54) is 20.3 Å². The third kappa shape index (κ3) is 2.28. The summed E-state index contributed by atoms with van der Waals surface area (Å²) in [4.78, 5) is 15.7. The molecule has 1 aromatic heterocycles. The first-order chi connectivity index (χ1) is 8.56. The smallest absolute Gasteiger partial charge is 0.356 e. The molecule has 4 nitrogen and oxygen atoms in total. The van der Waals surface area contributed by atoms with Gasteiger partial charge in [0.25, 0.3) is 0 Å². The highest BCUT2D eigenvalue weighted by molar-refractivity contribution is 9.10. The number of benzene rings is 1. The number of aromatic nitrogens is 1. The molecular formula is C12H9BrClNO3. The SMILES string of the molecule is COC(=O)c1cc(OC)c2cc(Br)cc(Cl)c2n1. The maximum absolute atomic E-state index is 11.5. The summed E-state index contributed by atoms with van der Waals surface area (Å²) in [6, 6.07) is 5.06. The predicted molar refractivity (Wildman–Crippen MR) is 72.3 cm³/mol. The molecule has 18 heavy (non-hydrogen) atoms. The molecule has 2 rings (SSSR count). The number of hydrogen-bond donors (Lipinski definition) is 0. The van der Waals surface area contributed by atoms with Crippen molar-refractivity contribution in [2.24, 2.45) is 0 Å². The van der Waals surface area contributed by atoms with Crippen molar-refractivity contribution < 1.29 is 14.3 Å². The minimum absolute atomic E-state index is 0.158. The summed E-state index contributed by atoms with van der Waals surface area (Å²) < 4.78 is 10.7. The second-order valence-corrected chi connectivity index (χ2v) is 4.81. The van der Waals surface area contributed by atoms with E-state index in [1.54, 1.807) is 6.07 Å². The molecule has 0 N–H and O–H groups in total. The van der Waals surface area contributed by atoms with Crippen molar-refractivity contribution in [3.63, 3.8) is 0 Å². The number of rotatable bonds is 2. The van der Waals surface area contributed by atoms with Gasteiger partial charge >= 0.3 is 5.97 Å². The first-order valence-electron chi connectivity index (χ1n) is 4.99. The summed E-state index contributed by atoms with van der Waals surface area (Å²) in [6.45, 7) is 0. The molecule has 0 bridgehead atoms. The Bertz CT molecular complexity index is 630. The Kier molecular flexibility index (Phi) is 3.73. The van der Waals surface area contributed by atoms with Crippen molar-refractivity contribution in [2.75, 3.05) is 14.2 Å². The van der Waals surface area contributed by atoms with Gasteiger partial charge in [0.2, 0.25) is 0 Å². The Hall–Kier alpha value is -1.33. The standard InChI is InChI=1S/C12H9BrClNO3/c1-17-10-5-9(12(16)18-2)15-11-7(10)3-6(13)4-8(11)14/h3-5H,1-2H3. The number of esters is 1. The van der Waals surface area contributed by atoms with E-state index in [-0.39, 0.29) is 5.69 Å². The van der Waals surface area contributed by atoms with Gasteiger partial charge in [0.05, 0.1) is 24.8 Å². The zero-order valence-electron chi connectivity index (χ0n) is 9.66. The Balaban J connectivity index is 2.79. The molecule has 6 heteroatoms. The maximum atomic E-state index is 11.5. The minimum Gasteiger partial charge on any atom is -0.496 e. The van der Waals surface area contributed by atoms with Crippen molar-refractivity contribution in [2.45, 2.75) is 0 Å². The van der Waals surface area contributed by atoms with Gasteiger partial charge in [0.15, 0.2) is 5.69 Å². The van der Waals surface area contributed by atoms with Crippen LogP contribution in [0.5, 0.6) is 5.75 Å². The van der Waals surface area contributed by atoms with E-state index in [0.717, 1.165) is 9.86 Å². The van der Waals surface area contributed by atoms with Gasteiger partial charge in [-0.05, 0) is 12.1 Å². The zero-order chi connectivity index (χ0) is 13.3. The summed E-state index contributed by atoms with van der Waals surface area (Å²) in [5.41, 5.74) is 0.658. The molecule has 94 valence electrons. The number of halogens is 2. The normalized spacial score (nSPS) is 10.4. The van der Waals surface area contributed by atoms with Crippen molar-refractivity contribution in [1.29, 1.82) is 0 Å². The fourth-order valence-electron chi connectivity index (χ4n) is 1.60. The molecular weight excluding hydrogens is 321 g/mol. The van der Waals surface area contributed by atoms with Crippen LogP contribution in [0, 0.1) is 0 Å². The van der Waals surface area contributed by atoms with Crippen LogP contribution in [0.4, 0.5) is 0 Å². The Morgan fingerprint density at radius 1 is 1.33 bits per heavy atom. The van der Waals surface area contributed by atoms with Gasteiger partial charge in [-0.2, -0.15) is 0 Å². The quantitative estimate of drug-likeness (QED) is 0.791. The summed E-state index contributed by atoms with van der Waals surface area (Å²) in [6.07, 6.45) is 0. The number of fused-ring (bicyclic) bond motifs is 1. The van der Waals surface area contributed by atoms with Gasteiger partial charge in [0, 0.05) is 15.9 Å². The van der Waals surface area contributed by atoms with Crippen LogP contribution in [0.25, 0.3) is 10.9 Å². The third-order valence-corrected chi connectivity index (χ3v) is 3.15. The van der Waals surface area contributed by atoms with E-state index >= 15 is 0 Å². The van der Waals surface area contributed by atoms with Crippen LogP contribution in [-0.2, 0) is 4.74 Å². The second-order valence-electron chi connectivity index (χ2n) is 3.49. The lowest BCUT2D eigenvalue weighted by Crippen LogP contribution is -2.05. The van der Waals surface area contributed by atoms with Gasteiger partial charge in [-0.25, -0.2) is 9.78 Å². The number of carbonyl (C=O) groups is 1. The molecule has 2 aromatic rings. The van der Waals surface area contributed by atoms with Crippen LogP contribution in [0.1, 0.15) is 10.5 Å². The van der Waals surface area contributed by atoms with E-state index < -0.39 is 5.97 Å². The Morgan fingerprint density at radius 3 is 2.67 bits per heavy atom. The number of pyridine rings is 1. The van der Waals surface area contributed by atoms with Crippen LogP contribution >= 0.6 is 27.5 Å². The number of carbonyl (C=O) groups excluding carboxylic acids is 1. The van der Waals surface area contributed by atoms with E-state index in [1.807, 2.05) is 6.07 Å². The molecule has 0 spiro atoms. The minimum atomic E-state index is -0.533. The predicted octanol–water partition coefficient (Wildman–Crippen LogP) is 3.45. The highest BCUT2D eigenvalue weighted by Crippen LogP contribution is 2.33. The average molecular weight is 331 g/mol. The lowest BCUT2D eigenvalue weighted by molar-refractivity contribution is 0.0594. The van der Waals surface area contributed by atoms with Crippen LogP contribution in [0.2, 0.25) is 5.02 Å². The van der Waals surface area contributed by atoms with Crippen LogP contribution in [0.15, 0.2) is 22.7 Å². The van der Waals surface area contributed by atoms with Crippen LogP contribution < -0.4 is 4.74 Å². The topological polar surface area (TPSA) is 48.4 Å². The van der Waals surface area contributed by atoms with Crippen molar-refractivity contribution in [3.8, 4) is 5.75 Å². The average Bonchev–Trinajstić information content (AvgIpc) is 2.36. The van der Waals surface area contributed by atoms with Gasteiger partial charge in [-0.3, -0.25) is 0 Å². The molecule has 0 amide bonds. The molecule has 1 aromatic carbocycles.